The van der Waals surface area contributed by atoms with Gasteiger partial charge >= 0.3 is 0 Å². The summed E-state index contributed by atoms with van der Waals surface area (Å²) in [6, 6.07) is 5.81. The molecule has 1 atom stereocenters. The third-order valence-electron chi connectivity index (χ3n) is 5.26. The second-order valence-corrected chi connectivity index (χ2v) is 7.36. The molecule has 0 heterocycles. The zero-order valence-corrected chi connectivity index (χ0v) is 15.0. The van der Waals surface area contributed by atoms with E-state index >= 15 is 0 Å². The normalized spacial score (nSPS) is 20.4. The van der Waals surface area contributed by atoms with Crippen LogP contribution in [0.2, 0.25) is 0 Å². The first-order valence-corrected chi connectivity index (χ1v) is 9.50. The molecule has 0 aliphatic heterocycles. The molecule has 1 saturated carbocycles. The van der Waals surface area contributed by atoms with Crippen molar-refractivity contribution in [3.05, 3.63) is 41.5 Å². The zero-order chi connectivity index (χ0) is 17.6. The standard InChI is InChI=1S/C21H28N2O2/c1-15-13-17(21(25)22-18-9-3-2-4-10-18)11-12-19(15)23-20(24)14-16-7-5-6-8-16/h5,7,11-13,16,18H,2-4,6,8-10,14H2,1H3,(H,22,25)(H,23,24). The van der Waals surface area contributed by atoms with Crippen molar-refractivity contribution in [3.63, 3.8) is 0 Å². The molecule has 0 saturated heterocycles. The van der Waals surface area contributed by atoms with Crippen LogP contribution in [0.4, 0.5) is 5.69 Å². The smallest absolute Gasteiger partial charge is 0.251 e. The highest BCUT2D eigenvalue weighted by Gasteiger charge is 2.18. The highest BCUT2D eigenvalue weighted by atomic mass is 16.2. The van der Waals surface area contributed by atoms with Gasteiger partial charge in [0.25, 0.3) is 5.91 Å². The third-order valence-corrected chi connectivity index (χ3v) is 5.26. The Morgan fingerprint density at radius 2 is 1.92 bits per heavy atom. The van der Waals surface area contributed by atoms with Gasteiger partial charge in [0.1, 0.15) is 0 Å². The molecule has 1 aromatic rings. The second kappa shape index (κ2) is 8.32. The van der Waals surface area contributed by atoms with Crippen LogP contribution >= 0.6 is 0 Å². The lowest BCUT2D eigenvalue weighted by Gasteiger charge is -2.23. The van der Waals surface area contributed by atoms with Crippen molar-refractivity contribution in [2.45, 2.75) is 64.3 Å². The first kappa shape index (κ1) is 17.7. The number of benzene rings is 1. The number of rotatable bonds is 5. The van der Waals surface area contributed by atoms with Gasteiger partial charge in [-0.25, -0.2) is 0 Å². The topological polar surface area (TPSA) is 58.2 Å². The van der Waals surface area contributed by atoms with Crippen molar-refractivity contribution in [1.29, 1.82) is 0 Å². The Hall–Kier alpha value is -2.10. The molecular formula is C21H28N2O2. The van der Waals surface area contributed by atoms with Crippen molar-refractivity contribution in [3.8, 4) is 0 Å². The molecule has 1 aromatic carbocycles. The van der Waals surface area contributed by atoms with Crippen LogP contribution in [0.5, 0.6) is 0 Å². The summed E-state index contributed by atoms with van der Waals surface area (Å²) in [7, 11) is 0. The van der Waals surface area contributed by atoms with E-state index in [-0.39, 0.29) is 11.8 Å². The molecule has 134 valence electrons. The maximum Gasteiger partial charge on any atom is 0.251 e. The van der Waals surface area contributed by atoms with Gasteiger partial charge in [0, 0.05) is 23.7 Å². The molecule has 0 aromatic heterocycles. The molecule has 4 heteroatoms. The third kappa shape index (κ3) is 4.94. The summed E-state index contributed by atoms with van der Waals surface area (Å²) >= 11 is 0. The van der Waals surface area contributed by atoms with Gasteiger partial charge in [0.15, 0.2) is 0 Å². The van der Waals surface area contributed by atoms with Gasteiger partial charge in [-0.1, -0.05) is 31.4 Å². The monoisotopic (exact) mass is 340 g/mol. The highest BCUT2D eigenvalue weighted by Crippen LogP contribution is 2.23. The molecule has 0 spiro atoms. The average Bonchev–Trinajstić information content (AvgIpc) is 3.10. The van der Waals surface area contributed by atoms with Crippen molar-refractivity contribution in [2.24, 2.45) is 5.92 Å². The molecule has 1 fully saturated rings. The SMILES string of the molecule is Cc1cc(C(=O)NC2CCCCC2)ccc1NC(=O)CC1C=CCC1. The van der Waals surface area contributed by atoms with Gasteiger partial charge in [-0.3, -0.25) is 9.59 Å². The fraction of sp³-hybridized carbons (Fsp3) is 0.524. The number of carbonyl (C=O) groups is 2. The Balaban J connectivity index is 1.56. The van der Waals surface area contributed by atoms with Crippen LogP contribution in [-0.4, -0.2) is 17.9 Å². The number of hydrogen-bond acceptors (Lipinski definition) is 2. The van der Waals surface area contributed by atoms with Crippen molar-refractivity contribution in [2.75, 3.05) is 5.32 Å². The van der Waals surface area contributed by atoms with Crippen LogP contribution in [-0.2, 0) is 4.79 Å². The van der Waals surface area contributed by atoms with Crippen LogP contribution in [0.1, 0.15) is 67.3 Å². The number of anilines is 1. The van der Waals surface area contributed by atoms with Gasteiger partial charge in [-0.05, 0) is 62.3 Å². The van der Waals surface area contributed by atoms with Crippen LogP contribution in [0, 0.1) is 12.8 Å². The van der Waals surface area contributed by atoms with Crippen LogP contribution in [0.15, 0.2) is 30.4 Å². The van der Waals surface area contributed by atoms with Crippen molar-refractivity contribution < 1.29 is 9.59 Å². The maximum atomic E-state index is 12.4. The Kier molecular flexibility index (Phi) is 5.90. The summed E-state index contributed by atoms with van der Waals surface area (Å²) in [5.41, 5.74) is 2.38. The van der Waals surface area contributed by atoms with E-state index in [1.807, 2.05) is 19.1 Å². The number of amides is 2. The van der Waals surface area contributed by atoms with E-state index in [4.69, 9.17) is 0 Å². The summed E-state index contributed by atoms with van der Waals surface area (Å²) < 4.78 is 0. The summed E-state index contributed by atoms with van der Waals surface area (Å²) in [6.45, 7) is 1.93. The van der Waals surface area contributed by atoms with E-state index in [2.05, 4.69) is 22.8 Å². The largest absolute Gasteiger partial charge is 0.349 e. The van der Waals surface area contributed by atoms with E-state index < -0.39 is 0 Å². The lowest BCUT2D eigenvalue weighted by atomic mass is 9.95. The lowest BCUT2D eigenvalue weighted by molar-refractivity contribution is -0.116. The molecular weight excluding hydrogens is 312 g/mol. The van der Waals surface area contributed by atoms with Gasteiger partial charge in [-0.15, -0.1) is 0 Å². The summed E-state index contributed by atoms with van der Waals surface area (Å²) in [4.78, 5) is 24.6. The van der Waals surface area contributed by atoms with E-state index in [1.54, 1.807) is 6.07 Å². The van der Waals surface area contributed by atoms with Crippen molar-refractivity contribution in [1.82, 2.24) is 5.32 Å². The summed E-state index contributed by atoms with van der Waals surface area (Å²) in [6.07, 6.45) is 12.8. The molecule has 0 bridgehead atoms. The zero-order valence-electron chi connectivity index (χ0n) is 15.0. The fourth-order valence-electron chi connectivity index (χ4n) is 3.77. The molecule has 1 unspecified atom stereocenters. The quantitative estimate of drug-likeness (QED) is 0.783. The molecule has 2 aliphatic rings. The summed E-state index contributed by atoms with van der Waals surface area (Å²) in [5.74, 6) is 0.392. The minimum atomic E-state index is -0.0102. The number of nitrogens with one attached hydrogen (secondary N) is 2. The van der Waals surface area contributed by atoms with E-state index in [0.717, 1.165) is 36.9 Å². The van der Waals surface area contributed by atoms with Gasteiger partial charge in [-0.2, -0.15) is 0 Å². The molecule has 2 aliphatic carbocycles. The Bertz CT molecular complexity index is 660. The minimum Gasteiger partial charge on any atom is -0.349 e. The summed E-state index contributed by atoms with van der Waals surface area (Å²) in [5, 5.41) is 6.12. The Morgan fingerprint density at radius 1 is 1.12 bits per heavy atom. The Morgan fingerprint density at radius 3 is 2.60 bits per heavy atom. The molecule has 4 nitrogen and oxygen atoms in total. The highest BCUT2D eigenvalue weighted by molar-refractivity contribution is 5.96. The minimum absolute atomic E-state index is 0.0102. The first-order chi connectivity index (χ1) is 12.1. The van der Waals surface area contributed by atoms with E-state index in [1.165, 1.54) is 19.3 Å². The van der Waals surface area contributed by atoms with Crippen LogP contribution in [0.25, 0.3) is 0 Å². The van der Waals surface area contributed by atoms with E-state index in [9.17, 15) is 9.59 Å². The fourth-order valence-corrected chi connectivity index (χ4v) is 3.77. The predicted molar refractivity (Wildman–Crippen MR) is 101 cm³/mol. The molecule has 2 N–H and O–H groups in total. The van der Waals surface area contributed by atoms with Gasteiger partial charge < -0.3 is 10.6 Å². The lowest BCUT2D eigenvalue weighted by Crippen LogP contribution is -2.36. The first-order valence-electron chi connectivity index (χ1n) is 9.50. The number of carbonyl (C=O) groups excluding carboxylic acids is 2. The van der Waals surface area contributed by atoms with Gasteiger partial charge in [0.2, 0.25) is 5.91 Å². The predicted octanol–water partition coefficient (Wildman–Crippen LogP) is 4.35. The number of allylic oxidation sites excluding steroid dienone is 2. The number of hydrogen-bond donors (Lipinski definition) is 2. The average molecular weight is 340 g/mol. The van der Waals surface area contributed by atoms with Crippen LogP contribution < -0.4 is 10.6 Å². The molecule has 3 rings (SSSR count). The van der Waals surface area contributed by atoms with Crippen LogP contribution in [0.3, 0.4) is 0 Å². The number of aryl methyl sites for hydroxylation is 1. The maximum absolute atomic E-state index is 12.4. The molecule has 2 amide bonds. The molecule has 0 radical (unpaired) electrons. The van der Waals surface area contributed by atoms with Gasteiger partial charge in [0.05, 0.1) is 0 Å². The van der Waals surface area contributed by atoms with Crippen molar-refractivity contribution >= 4 is 17.5 Å². The van der Waals surface area contributed by atoms with E-state index in [0.29, 0.717) is 23.9 Å². The molecule has 25 heavy (non-hydrogen) atoms. The second-order valence-electron chi connectivity index (χ2n) is 7.36. The Labute approximate surface area is 150 Å².